The van der Waals surface area contributed by atoms with Crippen molar-refractivity contribution in [3.8, 4) is 0 Å². The van der Waals surface area contributed by atoms with Crippen molar-refractivity contribution in [1.29, 1.82) is 0 Å². The predicted octanol–water partition coefficient (Wildman–Crippen LogP) is 2.58. The molecule has 1 aromatic heterocycles. The number of nitrogens with zero attached hydrogens (tertiary/aromatic N) is 3. The number of aryl methyl sites for hydroxylation is 1. The summed E-state index contributed by atoms with van der Waals surface area (Å²) in [6.07, 6.45) is 7.72. The molecule has 4 nitrogen and oxygen atoms in total. The average molecular weight is 278 g/mol. The summed E-state index contributed by atoms with van der Waals surface area (Å²) >= 11 is 0. The van der Waals surface area contributed by atoms with Crippen molar-refractivity contribution in [1.82, 2.24) is 19.8 Å². The van der Waals surface area contributed by atoms with Crippen LogP contribution in [0.2, 0.25) is 0 Å². The van der Waals surface area contributed by atoms with E-state index in [0.29, 0.717) is 18.0 Å². The van der Waals surface area contributed by atoms with Crippen LogP contribution in [-0.4, -0.2) is 40.1 Å². The van der Waals surface area contributed by atoms with Crippen LogP contribution >= 0.6 is 0 Å². The van der Waals surface area contributed by atoms with Crippen LogP contribution in [0.25, 0.3) is 0 Å². The van der Waals surface area contributed by atoms with Crippen molar-refractivity contribution >= 4 is 0 Å². The number of piperidine rings is 1. The maximum atomic E-state index is 4.54. The Morgan fingerprint density at radius 1 is 1.35 bits per heavy atom. The molecule has 0 unspecified atom stereocenters. The van der Waals surface area contributed by atoms with E-state index < -0.39 is 0 Å². The van der Waals surface area contributed by atoms with Gasteiger partial charge in [0.05, 0.1) is 6.04 Å². The molecule has 20 heavy (non-hydrogen) atoms. The zero-order valence-corrected chi connectivity index (χ0v) is 13.5. The molecule has 1 aliphatic heterocycles. The van der Waals surface area contributed by atoms with Gasteiger partial charge in [0.2, 0.25) is 0 Å². The highest BCUT2D eigenvalue weighted by molar-refractivity contribution is 5.01. The largest absolute Gasteiger partial charge is 0.337 e. The first-order valence-corrected chi connectivity index (χ1v) is 8.07. The molecule has 1 fully saturated rings. The quantitative estimate of drug-likeness (QED) is 0.868. The minimum Gasteiger partial charge on any atom is -0.337 e. The van der Waals surface area contributed by atoms with E-state index in [4.69, 9.17) is 0 Å². The number of rotatable bonds is 6. The van der Waals surface area contributed by atoms with Crippen molar-refractivity contribution < 1.29 is 0 Å². The number of hydrogen-bond acceptors (Lipinski definition) is 3. The van der Waals surface area contributed by atoms with Gasteiger partial charge in [0.25, 0.3) is 0 Å². The van der Waals surface area contributed by atoms with Crippen molar-refractivity contribution in [2.45, 2.75) is 52.1 Å². The highest BCUT2D eigenvalue weighted by atomic mass is 15.2. The zero-order valence-electron chi connectivity index (χ0n) is 13.5. The van der Waals surface area contributed by atoms with Gasteiger partial charge in [-0.2, -0.15) is 0 Å². The normalized spacial score (nSPS) is 19.6. The molecule has 0 aliphatic carbocycles. The van der Waals surface area contributed by atoms with Crippen LogP contribution in [0.4, 0.5) is 0 Å². The molecule has 0 bridgehead atoms. The molecule has 2 rings (SSSR count). The first-order valence-electron chi connectivity index (χ1n) is 8.07. The summed E-state index contributed by atoms with van der Waals surface area (Å²) in [6, 6.07) is 0.991. The molecular weight excluding hydrogens is 248 g/mol. The Morgan fingerprint density at radius 3 is 2.55 bits per heavy atom. The van der Waals surface area contributed by atoms with Crippen LogP contribution in [0.15, 0.2) is 12.4 Å². The Morgan fingerprint density at radius 2 is 2.05 bits per heavy atom. The van der Waals surface area contributed by atoms with Gasteiger partial charge in [0, 0.05) is 25.5 Å². The van der Waals surface area contributed by atoms with E-state index in [9.17, 15) is 0 Å². The fourth-order valence-electron chi connectivity index (χ4n) is 3.14. The third-order valence-corrected chi connectivity index (χ3v) is 4.35. The fraction of sp³-hybridized carbons (Fsp3) is 0.812. The molecule has 1 N–H and O–H groups in total. The summed E-state index contributed by atoms with van der Waals surface area (Å²) < 4.78 is 2.14. The van der Waals surface area contributed by atoms with E-state index in [1.807, 2.05) is 12.4 Å². The summed E-state index contributed by atoms with van der Waals surface area (Å²) in [4.78, 5) is 7.12. The molecule has 0 aromatic carbocycles. The lowest BCUT2D eigenvalue weighted by atomic mass is 9.98. The summed E-state index contributed by atoms with van der Waals surface area (Å²) in [5.74, 6) is 1.72. The average Bonchev–Trinajstić information content (AvgIpc) is 2.84. The summed E-state index contributed by atoms with van der Waals surface area (Å²) in [7, 11) is 2.09. The van der Waals surface area contributed by atoms with Crippen LogP contribution < -0.4 is 5.32 Å². The molecule has 1 atom stereocenters. The monoisotopic (exact) mass is 278 g/mol. The van der Waals surface area contributed by atoms with Crippen molar-refractivity contribution in [3.63, 3.8) is 0 Å². The van der Waals surface area contributed by atoms with E-state index >= 15 is 0 Å². The number of hydrogen-bond donors (Lipinski definition) is 1. The number of nitrogens with one attached hydrogen (secondary N) is 1. The summed E-state index contributed by atoms with van der Waals surface area (Å²) in [5.41, 5.74) is 0. The first kappa shape index (κ1) is 15.5. The second-order valence-corrected chi connectivity index (χ2v) is 6.40. The molecule has 0 amide bonds. The molecule has 0 radical (unpaired) electrons. The van der Waals surface area contributed by atoms with Crippen LogP contribution in [0, 0.1) is 5.92 Å². The zero-order chi connectivity index (χ0) is 14.5. The lowest BCUT2D eigenvalue weighted by molar-refractivity contribution is 0.182. The van der Waals surface area contributed by atoms with E-state index in [1.165, 1.54) is 38.9 Å². The van der Waals surface area contributed by atoms with E-state index in [1.54, 1.807) is 0 Å². The third-order valence-electron chi connectivity index (χ3n) is 4.35. The maximum absolute atomic E-state index is 4.54. The van der Waals surface area contributed by atoms with Gasteiger partial charge < -0.3 is 14.8 Å². The lowest BCUT2D eigenvalue weighted by Crippen LogP contribution is -2.45. The molecule has 1 aliphatic rings. The molecule has 2 heterocycles. The third kappa shape index (κ3) is 3.83. The highest BCUT2D eigenvalue weighted by Crippen LogP contribution is 2.23. The number of aromatic nitrogens is 2. The Hall–Kier alpha value is -0.870. The Kier molecular flexibility index (Phi) is 5.61. The molecule has 1 aromatic rings. The van der Waals surface area contributed by atoms with Crippen LogP contribution in [0.1, 0.15) is 51.9 Å². The number of imidazole rings is 1. The Bertz CT molecular complexity index is 391. The highest BCUT2D eigenvalue weighted by Gasteiger charge is 2.25. The minimum absolute atomic E-state index is 0.359. The lowest BCUT2D eigenvalue weighted by Gasteiger charge is -2.35. The van der Waals surface area contributed by atoms with Gasteiger partial charge in [-0.25, -0.2) is 4.98 Å². The SMILES string of the molecule is CCCN1CCC(N[C@H](c2nccn2C)C(C)C)CC1. The van der Waals surface area contributed by atoms with Gasteiger partial charge in [-0.1, -0.05) is 20.8 Å². The van der Waals surface area contributed by atoms with Gasteiger partial charge in [-0.15, -0.1) is 0 Å². The van der Waals surface area contributed by atoms with E-state index in [2.05, 4.69) is 47.6 Å². The van der Waals surface area contributed by atoms with Crippen molar-refractivity contribution in [2.75, 3.05) is 19.6 Å². The second kappa shape index (κ2) is 7.23. The van der Waals surface area contributed by atoms with E-state index in [-0.39, 0.29) is 0 Å². The minimum atomic E-state index is 0.359. The van der Waals surface area contributed by atoms with Gasteiger partial charge in [0.1, 0.15) is 5.82 Å². The van der Waals surface area contributed by atoms with Crippen LogP contribution in [0.3, 0.4) is 0 Å². The van der Waals surface area contributed by atoms with Crippen molar-refractivity contribution in [2.24, 2.45) is 13.0 Å². The topological polar surface area (TPSA) is 33.1 Å². The molecular formula is C16H30N4. The van der Waals surface area contributed by atoms with E-state index in [0.717, 1.165) is 5.82 Å². The summed E-state index contributed by atoms with van der Waals surface area (Å²) in [6.45, 7) is 10.5. The van der Waals surface area contributed by atoms with Gasteiger partial charge in [-0.3, -0.25) is 0 Å². The standard InChI is InChI=1S/C16H30N4/c1-5-9-20-10-6-14(7-11-20)18-15(13(2)3)16-17-8-12-19(16)4/h8,12-15,18H,5-7,9-11H2,1-4H3/t15-/m0/s1. The molecule has 4 heteroatoms. The van der Waals surface area contributed by atoms with Gasteiger partial charge >= 0.3 is 0 Å². The molecule has 114 valence electrons. The first-order chi connectivity index (χ1) is 9.61. The second-order valence-electron chi connectivity index (χ2n) is 6.40. The molecule has 0 saturated carbocycles. The van der Waals surface area contributed by atoms with Crippen LogP contribution in [-0.2, 0) is 7.05 Å². The Labute approximate surface area is 123 Å². The molecule has 0 spiro atoms. The van der Waals surface area contributed by atoms with Crippen LogP contribution in [0.5, 0.6) is 0 Å². The summed E-state index contributed by atoms with van der Waals surface area (Å²) in [5, 5.41) is 3.85. The number of likely N-dealkylation sites (tertiary alicyclic amines) is 1. The Balaban J connectivity index is 1.92. The molecule has 1 saturated heterocycles. The van der Waals surface area contributed by atoms with Gasteiger partial charge in [0.15, 0.2) is 0 Å². The fourth-order valence-corrected chi connectivity index (χ4v) is 3.14. The predicted molar refractivity (Wildman–Crippen MR) is 83.7 cm³/mol. The smallest absolute Gasteiger partial charge is 0.125 e. The van der Waals surface area contributed by atoms with Crippen molar-refractivity contribution in [3.05, 3.63) is 18.2 Å². The van der Waals surface area contributed by atoms with Gasteiger partial charge in [-0.05, 0) is 44.8 Å². The maximum Gasteiger partial charge on any atom is 0.125 e.